The summed E-state index contributed by atoms with van der Waals surface area (Å²) in [4.78, 5) is 1.58. The molecule has 11 nitrogen and oxygen atoms in total. The Morgan fingerprint density at radius 1 is 1.13 bits per heavy atom. The van der Waals surface area contributed by atoms with E-state index in [0.29, 0.717) is 18.8 Å². The predicted molar refractivity (Wildman–Crippen MR) is 109 cm³/mol. The van der Waals surface area contributed by atoms with Crippen molar-refractivity contribution in [2.24, 2.45) is 0 Å². The van der Waals surface area contributed by atoms with Gasteiger partial charge < -0.3 is 34.8 Å². The molecular weight excluding hydrogens is 430 g/mol. The van der Waals surface area contributed by atoms with Gasteiger partial charge in [-0.3, -0.25) is 0 Å². The van der Waals surface area contributed by atoms with Crippen molar-refractivity contribution in [3.63, 3.8) is 0 Å². The van der Waals surface area contributed by atoms with Crippen LogP contribution in [-0.4, -0.2) is 92.4 Å². The number of nitriles is 1. The van der Waals surface area contributed by atoms with Crippen LogP contribution in [0.25, 0.3) is 6.08 Å². The van der Waals surface area contributed by atoms with Crippen LogP contribution >= 0.6 is 0 Å². The van der Waals surface area contributed by atoms with Crippen LogP contribution in [0.2, 0.25) is 0 Å². The summed E-state index contributed by atoms with van der Waals surface area (Å²) < 4.78 is 37.4. The van der Waals surface area contributed by atoms with E-state index >= 15 is 0 Å². The summed E-state index contributed by atoms with van der Waals surface area (Å²) >= 11 is 0. The van der Waals surface area contributed by atoms with Crippen molar-refractivity contribution < 1.29 is 38.3 Å². The van der Waals surface area contributed by atoms with Gasteiger partial charge in [0.15, 0.2) is 11.2 Å². The van der Waals surface area contributed by atoms with E-state index in [9.17, 15) is 34.1 Å². The molecule has 0 aliphatic carbocycles. The first-order chi connectivity index (χ1) is 14.7. The summed E-state index contributed by atoms with van der Waals surface area (Å²) in [5.74, 6) is 0. The molecule has 0 saturated carbocycles. The second-order valence-corrected chi connectivity index (χ2v) is 8.94. The van der Waals surface area contributed by atoms with Gasteiger partial charge in [-0.25, -0.2) is 13.1 Å². The molecule has 5 N–H and O–H groups in total. The SMILES string of the molecule is N#C/C(=C\c1ccc(N2CCOCC2)cc1)S(=O)(=O)NC[C@H]1OC(O)[C@H](O)[C@@H](O)[C@@H]1O. The summed E-state index contributed by atoms with van der Waals surface area (Å²) in [5, 5.41) is 48.0. The number of anilines is 1. The van der Waals surface area contributed by atoms with Crippen LogP contribution in [0.1, 0.15) is 5.56 Å². The van der Waals surface area contributed by atoms with Crippen LogP contribution in [0, 0.1) is 11.3 Å². The lowest BCUT2D eigenvalue weighted by Gasteiger charge is -2.38. The molecule has 31 heavy (non-hydrogen) atoms. The van der Waals surface area contributed by atoms with E-state index in [2.05, 4.69) is 9.62 Å². The molecule has 3 rings (SSSR count). The third-order valence-corrected chi connectivity index (χ3v) is 6.46. The van der Waals surface area contributed by atoms with Gasteiger partial charge in [-0.05, 0) is 23.8 Å². The average Bonchev–Trinajstić information content (AvgIpc) is 2.78. The van der Waals surface area contributed by atoms with E-state index in [1.807, 2.05) is 12.1 Å². The molecule has 2 heterocycles. The van der Waals surface area contributed by atoms with Crippen molar-refractivity contribution in [1.29, 1.82) is 5.26 Å². The normalized spacial score (nSPS) is 30.1. The van der Waals surface area contributed by atoms with E-state index in [1.165, 1.54) is 6.08 Å². The Morgan fingerprint density at radius 3 is 2.39 bits per heavy atom. The van der Waals surface area contributed by atoms with E-state index in [4.69, 9.17) is 9.47 Å². The minimum absolute atomic E-state index is 0.502. The second-order valence-electron chi connectivity index (χ2n) is 7.20. The maximum Gasteiger partial charge on any atom is 0.250 e. The summed E-state index contributed by atoms with van der Waals surface area (Å²) in [6, 6.07) is 8.67. The highest BCUT2D eigenvalue weighted by atomic mass is 32.2. The van der Waals surface area contributed by atoms with Gasteiger partial charge in [-0.2, -0.15) is 5.26 Å². The highest BCUT2D eigenvalue weighted by Gasteiger charge is 2.43. The van der Waals surface area contributed by atoms with Gasteiger partial charge in [-0.1, -0.05) is 12.1 Å². The number of nitrogens with one attached hydrogen (secondary N) is 1. The van der Waals surface area contributed by atoms with E-state index < -0.39 is 52.2 Å². The monoisotopic (exact) mass is 455 g/mol. The first-order valence-electron chi connectivity index (χ1n) is 9.65. The third-order valence-electron chi connectivity index (χ3n) is 5.13. The Balaban J connectivity index is 1.67. The lowest BCUT2D eigenvalue weighted by Crippen LogP contribution is -2.59. The number of ether oxygens (including phenoxy) is 2. The van der Waals surface area contributed by atoms with Crippen LogP contribution in [0.4, 0.5) is 5.69 Å². The number of morpholine rings is 1. The number of allylic oxidation sites excluding steroid dienone is 1. The standard InChI is InChI=1S/C19H25N3O8S/c20-10-14(9-12-1-3-13(4-2-12)22-5-7-29-8-6-22)31(27,28)21-11-15-16(23)17(24)18(25)19(26)30-15/h1-4,9,15-19,21,23-26H,5-8,11H2/b14-9+/t15-,16-,17+,18-,19?/m1/s1. The molecule has 0 bridgehead atoms. The van der Waals surface area contributed by atoms with Crippen molar-refractivity contribution in [2.75, 3.05) is 37.7 Å². The summed E-state index contributed by atoms with van der Waals surface area (Å²) in [5.41, 5.74) is 1.46. The lowest BCUT2D eigenvalue weighted by atomic mass is 9.99. The van der Waals surface area contributed by atoms with E-state index in [0.717, 1.165) is 18.8 Å². The number of sulfonamides is 1. The van der Waals surface area contributed by atoms with Crippen LogP contribution in [0.3, 0.4) is 0 Å². The molecule has 12 heteroatoms. The molecule has 2 fully saturated rings. The van der Waals surface area contributed by atoms with Crippen molar-refractivity contribution in [1.82, 2.24) is 4.72 Å². The van der Waals surface area contributed by atoms with Gasteiger partial charge in [0, 0.05) is 25.3 Å². The zero-order chi connectivity index (χ0) is 22.6. The molecule has 2 aliphatic heterocycles. The maximum atomic E-state index is 12.5. The Kier molecular flexibility index (Phi) is 7.63. The number of rotatable bonds is 6. The minimum atomic E-state index is -4.27. The largest absolute Gasteiger partial charge is 0.388 e. The number of benzene rings is 1. The molecule has 2 saturated heterocycles. The Hall–Kier alpha value is -2.08. The molecule has 170 valence electrons. The molecule has 1 unspecified atom stereocenters. The zero-order valence-corrected chi connectivity index (χ0v) is 17.4. The van der Waals surface area contributed by atoms with Gasteiger partial charge in [0.1, 0.15) is 30.5 Å². The molecule has 0 aromatic heterocycles. The highest BCUT2D eigenvalue weighted by molar-refractivity contribution is 7.93. The first kappa shape index (κ1) is 23.6. The topological polar surface area (TPSA) is 173 Å². The number of aliphatic hydroxyl groups excluding tert-OH is 4. The molecule has 0 radical (unpaired) electrons. The molecular formula is C19H25N3O8S. The fourth-order valence-corrected chi connectivity index (χ4v) is 4.24. The molecule has 1 aromatic carbocycles. The fraction of sp³-hybridized carbons (Fsp3) is 0.526. The quantitative estimate of drug-likeness (QED) is 0.305. The number of nitrogens with zero attached hydrogens (tertiary/aromatic N) is 2. The molecule has 0 spiro atoms. The van der Waals surface area contributed by atoms with Crippen LogP contribution in [0.5, 0.6) is 0 Å². The first-order valence-corrected chi connectivity index (χ1v) is 11.1. The second kappa shape index (κ2) is 10.0. The number of hydrogen-bond donors (Lipinski definition) is 5. The van der Waals surface area contributed by atoms with Crippen molar-refractivity contribution >= 4 is 21.8 Å². The summed E-state index contributed by atoms with van der Waals surface area (Å²) in [7, 11) is -4.27. The molecule has 2 aliphatic rings. The van der Waals surface area contributed by atoms with Crippen molar-refractivity contribution in [2.45, 2.75) is 30.7 Å². The number of aliphatic hydroxyl groups is 4. The molecule has 1 aromatic rings. The van der Waals surface area contributed by atoms with Crippen molar-refractivity contribution in [3.8, 4) is 6.07 Å². The molecule has 5 atom stereocenters. The molecule has 0 amide bonds. The lowest BCUT2D eigenvalue weighted by molar-refractivity contribution is -0.279. The maximum absolute atomic E-state index is 12.5. The Labute approximate surface area is 179 Å². The van der Waals surface area contributed by atoms with Gasteiger partial charge in [0.05, 0.1) is 13.2 Å². The van der Waals surface area contributed by atoms with Gasteiger partial charge in [0.2, 0.25) is 0 Å². The van der Waals surface area contributed by atoms with Crippen LogP contribution in [-0.2, 0) is 19.5 Å². The van der Waals surface area contributed by atoms with Crippen LogP contribution < -0.4 is 9.62 Å². The fourth-order valence-electron chi connectivity index (χ4n) is 3.29. The predicted octanol–water partition coefficient (Wildman–Crippen LogP) is -1.89. The zero-order valence-electron chi connectivity index (χ0n) is 16.5. The average molecular weight is 455 g/mol. The van der Waals surface area contributed by atoms with Gasteiger partial charge in [-0.15, -0.1) is 0 Å². The number of hydrogen-bond acceptors (Lipinski definition) is 10. The summed E-state index contributed by atoms with van der Waals surface area (Å²) in [6.45, 7) is 2.26. The summed E-state index contributed by atoms with van der Waals surface area (Å²) in [6.07, 6.45) is -6.98. The Bertz CT molecular complexity index is 924. The van der Waals surface area contributed by atoms with Gasteiger partial charge in [0.25, 0.3) is 10.0 Å². The van der Waals surface area contributed by atoms with Gasteiger partial charge >= 0.3 is 0 Å². The minimum Gasteiger partial charge on any atom is -0.388 e. The Morgan fingerprint density at radius 2 is 1.77 bits per heavy atom. The van der Waals surface area contributed by atoms with Crippen molar-refractivity contribution in [3.05, 3.63) is 34.7 Å². The van der Waals surface area contributed by atoms with E-state index in [1.54, 1.807) is 18.2 Å². The smallest absolute Gasteiger partial charge is 0.250 e. The van der Waals surface area contributed by atoms with Crippen LogP contribution in [0.15, 0.2) is 29.2 Å². The third kappa shape index (κ3) is 5.59. The highest BCUT2D eigenvalue weighted by Crippen LogP contribution is 2.21. The van der Waals surface area contributed by atoms with E-state index in [-0.39, 0.29) is 0 Å².